The second-order valence-electron chi connectivity index (χ2n) is 6.26. The number of carbonyl (C=O) groups is 2. The number of nitrogens with one attached hydrogen (secondary N) is 2. The van der Waals surface area contributed by atoms with Crippen molar-refractivity contribution in [3.63, 3.8) is 0 Å². The molecule has 0 atom stereocenters. The monoisotopic (exact) mass is 468 g/mol. The van der Waals surface area contributed by atoms with Gasteiger partial charge in [-0.2, -0.15) is 0 Å². The van der Waals surface area contributed by atoms with E-state index in [1.54, 1.807) is 48.5 Å². The van der Waals surface area contributed by atoms with Gasteiger partial charge in [0.15, 0.2) is 6.61 Å². The van der Waals surface area contributed by atoms with Gasteiger partial charge in [0.2, 0.25) is 0 Å². The van der Waals surface area contributed by atoms with Crippen molar-refractivity contribution < 1.29 is 19.1 Å². The third-order valence-electron chi connectivity index (χ3n) is 4.00. The lowest BCUT2D eigenvalue weighted by Crippen LogP contribution is -2.20. The van der Waals surface area contributed by atoms with Gasteiger partial charge >= 0.3 is 0 Å². The maximum atomic E-state index is 12.7. The Hall–Kier alpha value is -3.32. The Morgan fingerprint density at radius 2 is 1.60 bits per heavy atom. The summed E-state index contributed by atoms with van der Waals surface area (Å²) in [4.78, 5) is 24.9. The summed E-state index contributed by atoms with van der Waals surface area (Å²) in [6.45, 7) is 2.20. The van der Waals surface area contributed by atoms with Gasteiger partial charge in [-0.15, -0.1) is 0 Å². The molecule has 30 heavy (non-hydrogen) atoms. The Labute approximate surface area is 183 Å². The SMILES string of the molecule is CCOc1ccc(Br)cc1C(=O)Nc1cccc(NC(=O)COc2ccccc2)c1. The summed E-state index contributed by atoms with van der Waals surface area (Å²) < 4.78 is 11.8. The molecule has 2 N–H and O–H groups in total. The van der Waals surface area contributed by atoms with E-state index in [4.69, 9.17) is 9.47 Å². The van der Waals surface area contributed by atoms with Crippen molar-refractivity contribution in [1.82, 2.24) is 0 Å². The fraction of sp³-hybridized carbons (Fsp3) is 0.130. The maximum absolute atomic E-state index is 12.7. The highest BCUT2D eigenvalue weighted by Gasteiger charge is 2.14. The van der Waals surface area contributed by atoms with Crippen LogP contribution < -0.4 is 20.1 Å². The predicted molar refractivity (Wildman–Crippen MR) is 120 cm³/mol. The highest BCUT2D eigenvalue weighted by atomic mass is 79.9. The Morgan fingerprint density at radius 3 is 2.33 bits per heavy atom. The molecule has 0 aliphatic rings. The van der Waals surface area contributed by atoms with Crippen LogP contribution in [0.15, 0.2) is 77.3 Å². The third kappa shape index (κ3) is 6.09. The van der Waals surface area contributed by atoms with E-state index in [-0.39, 0.29) is 18.4 Å². The van der Waals surface area contributed by atoms with E-state index in [1.807, 2.05) is 31.2 Å². The van der Waals surface area contributed by atoms with E-state index in [9.17, 15) is 9.59 Å². The number of hydrogen-bond acceptors (Lipinski definition) is 4. The lowest BCUT2D eigenvalue weighted by atomic mass is 10.1. The zero-order chi connectivity index (χ0) is 21.3. The highest BCUT2D eigenvalue weighted by Crippen LogP contribution is 2.25. The molecule has 3 aromatic rings. The first kappa shape index (κ1) is 21.4. The lowest BCUT2D eigenvalue weighted by Gasteiger charge is -2.12. The molecule has 0 aliphatic heterocycles. The van der Waals surface area contributed by atoms with Crippen LogP contribution in [0, 0.1) is 0 Å². The smallest absolute Gasteiger partial charge is 0.262 e. The number of hydrogen-bond donors (Lipinski definition) is 2. The van der Waals surface area contributed by atoms with E-state index in [0.717, 1.165) is 4.47 Å². The first-order valence-corrected chi connectivity index (χ1v) is 10.2. The molecule has 6 nitrogen and oxygen atoms in total. The van der Waals surface area contributed by atoms with Gasteiger partial charge in [0.05, 0.1) is 12.2 Å². The standard InChI is InChI=1S/C23H21BrN2O4/c1-2-29-21-12-11-16(24)13-20(21)23(28)26-18-8-6-7-17(14-18)25-22(27)15-30-19-9-4-3-5-10-19/h3-14H,2,15H2,1H3,(H,25,27)(H,26,28). The van der Waals surface area contributed by atoms with Gasteiger partial charge in [0, 0.05) is 15.8 Å². The van der Waals surface area contributed by atoms with Crippen LogP contribution >= 0.6 is 15.9 Å². The molecule has 3 aromatic carbocycles. The molecular weight excluding hydrogens is 448 g/mol. The average molecular weight is 469 g/mol. The molecular formula is C23H21BrN2O4. The second-order valence-corrected chi connectivity index (χ2v) is 7.17. The first-order chi connectivity index (χ1) is 14.5. The summed E-state index contributed by atoms with van der Waals surface area (Å²) in [5.74, 6) is 0.511. The van der Waals surface area contributed by atoms with E-state index in [1.165, 1.54) is 0 Å². The molecule has 0 aromatic heterocycles. The molecule has 0 bridgehead atoms. The van der Waals surface area contributed by atoms with Crippen molar-refractivity contribution in [1.29, 1.82) is 0 Å². The fourth-order valence-corrected chi connectivity index (χ4v) is 3.06. The van der Waals surface area contributed by atoms with E-state index in [2.05, 4.69) is 26.6 Å². The number of benzene rings is 3. The second kappa shape index (κ2) is 10.5. The number of halogens is 1. The van der Waals surface area contributed by atoms with Crippen molar-refractivity contribution in [3.8, 4) is 11.5 Å². The summed E-state index contributed by atoms with van der Waals surface area (Å²) in [7, 11) is 0. The molecule has 0 spiro atoms. The van der Waals surface area contributed by atoms with Gasteiger partial charge in [0.25, 0.3) is 11.8 Å². The average Bonchev–Trinajstić information content (AvgIpc) is 2.74. The van der Waals surface area contributed by atoms with Crippen molar-refractivity contribution in [2.24, 2.45) is 0 Å². The van der Waals surface area contributed by atoms with Gasteiger partial charge in [-0.1, -0.05) is 40.2 Å². The first-order valence-electron chi connectivity index (χ1n) is 9.36. The maximum Gasteiger partial charge on any atom is 0.262 e. The molecule has 0 radical (unpaired) electrons. The summed E-state index contributed by atoms with van der Waals surface area (Å²) in [5.41, 5.74) is 1.51. The van der Waals surface area contributed by atoms with Gasteiger partial charge in [0.1, 0.15) is 11.5 Å². The number of carbonyl (C=O) groups excluding carboxylic acids is 2. The molecule has 0 saturated heterocycles. The Morgan fingerprint density at radius 1 is 0.867 bits per heavy atom. The van der Waals surface area contributed by atoms with Gasteiger partial charge in [-0.3, -0.25) is 9.59 Å². The molecule has 3 rings (SSSR count). The van der Waals surface area contributed by atoms with Crippen molar-refractivity contribution >= 4 is 39.1 Å². The minimum Gasteiger partial charge on any atom is -0.493 e. The number of amides is 2. The molecule has 0 aliphatic carbocycles. The third-order valence-corrected chi connectivity index (χ3v) is 4.50. The molecule has 0 heterocycles. The summed E-state index contributed by atoms with van der Waals surface area (Å²) in [6.07, 6.45) is 0. The molecule has 154 valence electrons. The number of ether oxygens (including phenoxy) is 2. The number of para-hydroxylation sites is 1. The van der Waals surface area contributed by atoms with Crippen LogP contribution in [-0.4, -0.2) is 25.0 Å². The zero-order valence-electron chi connectivity index (χ0n) is 16.4. The summed E-state index contributed by atoms with van der Waals surface area (Å²) in [6, 6.07) is 21.3. The van der Waals surface area contributed by atoms with E-state index in [0.29, 0.717) is 35.0 Å². The molecule has 0 fully saturated rings. The van der Waals surface area contributed by atoms with Crippen LogP contribution in [0.4, 0.5) is 11.4 Å². The Bertz CT molecular complexity index is 1020. The predicted octanol–water partition coefficient (Wildman–Crippen LogP) is 5.12. The molecule has 0 saturated carbocycles. The number of anilines is 2. The highest BCUT2D eigenvalue weighted by molar-refractivity contribution is 9.10. The number of rotatable bonds is 8. The van der Waals surface area contributed by atoms with Gasteiger partial charge in [-0.05, 0) is 55.5 Å². The summed E-state index contributed by atoms with van der Waals surface area (Å²) in [5, 5.41) is 5.59. The van der Waals surface area contributed by atoms with Crippen molar-refractivity contribution in [2.45, 2.75) is 6.92 Å². The fourth-order valence-electron chi connectivity index (χ4n) is 2.70. The van der Waals surface area contributed by atoms with Gasteiger partial charge < -0.3 is 20.1 Å². The van der Waals surface area contributed by atoms with E-state index < -0.39 is 0 Å². The van der Waals surface area contributed by atoms with E-state index >= 15 is 0 Å². The molecule has 2 amide bonds. The lowest BCUT2D eigenvalue weighted by molar-refractivity contribution is -0.118. The minimum absolute atomic E-state index is 0.115. The van der Waals surface area contributed by atoms with Crippen LogP contribution in [0.2, 0.25) is 0 Å². The summed E-state index contributed by atoms with van der Waals surface area (Å²) >= 11 is 3.38. The van der Waals surface area contributed by atoms with Crippen LogP contribution in [0.3, 0.4) is 0 Å². The molecule has 0 unspecified atom stereocenters. The Balaban J connectivity index is 1.63. The normalized spacial score (nSPS) is 10.2. The van der Waals surface area contributed by atoms with Gasteiger partial charge in [-0.25, -0.2) is 0 Å². The van der Waals surface area contributed by atoms with Crippen LogP contribution in [-0.2, 0) is 4.79 Å². The Kier molecular flexibility index (Phi) is 7.45. The largest absolute Gasteiger partial charge is 0.493 e. The van der Waals surface area contributed by atoms with Crippen LogP contribution in [0.25, 0.3) is 0 Å². The van der Waals surface area contributed by atoms with Crippen LogP contribution in [0.1, 0.15) is 17.3 Å². The quantitative estimate of drug-likeness (QED) is 0.481. The zero-order valence-corrected chi connectivity index (χ0v) is 17.9. The van der Waals surface area contributed by atoms with Crippen molar-refractivity contribution in [2.75, 3.05) is 23.8 Å². The van der Waals surface area contributed by atoms with Crippen molar-refractivity contribution in [3.05, 3.63) is 82.8 Å². The topological polar surface area (TPSA) is 76.7 Å². The van der Waals surface area contributed by atoms with Crippen LogP contribution in [0.5, 0.6) is 11.5 Å². The molecule has 7 heteroatoms. The minimum atomic E-state index is -0.310.